The van der Waals surface area contributed by atoms with Gasteiger partial charge in [0.2, 0.25) is 0 Å². The first-order valence-electron chi connectivity index (χ1n) is 3.80. The Bertz CT molecular complexity index is 365. The molecule has 0 aliphatic carbocycles. The topological polar surface area (TPSA) is 66.5 Å². The molecule has 1 rings (SSSR count). The molecule has 0 aromatic heterocycles. The van der Waals surface area contributed by atoms with Crippen LogP contribution < -0.4 is 5.73 Å². The zero-order valence-electron chi connectivity index (χ0n) is 7.12. The van der Waals surface area contributed by atoms with Crippen LogP contribution in [-0.4, -0.2) is 16.8 Å². The van der Waals surface area contributed by atoms with E-state index in [1.165, 1.54) is 18.2 Å². The summed E-state index contributed by atoms with van der Waals surface area (Å²) in [6, 6.07) is 4.23. The van der Waals surface area contributed by atoms with Gasteiger partial charge in [-0.1, -0.05) is 6.58 Å². The summed E-state index contributed by atoms with van der Waals surface area (Å²) in [7, 11) is 0. The van der Waals surface area contributed by atoms with Gasteiger partial charge in [-0.25, -0.2) is 0 Å². The van der Waals surface area contributed by atoms with Crippen LogP contribution in [0.4, 0.5) is 0 Å². The predicted octanol–water partition coefficient (Wildman–Crippen LogP) is 1.22. The SMILES string of the molecule is C=C=C(CN)c1cc(O)ccc1O. The number of aromatic hydroxyl groups is 2. The molecular weight excluding hydrogens is 166 g/mol. The van der Waals surface area contributed by atoms with Crippen molar-refractivity contribution in [1.82, 2.24) is 0 Å². The summed E-state index contributed by atoms with van der Waals surface area (Å²) < 4.78 is 0. The van der Waals surface area contributed by atoms with E-state index in [4.69, 9.17) is 10.8 Å². The second-order valence-corrected chi connectivity index (χ2v) is 2.56. The molecule has 0 aliphatic rings. The number of hydrogen-bond acceptors (Lipinski definition) is 3. The number of phenols is 2. The van der Waals surface area contributed by atoms with Gasteiger partial charge in [0.25, 0.3) is 0 Å². The molecule has 3 heteroatoms. The molecule has 0 fully saturated rings. The third-order valence-corrected chi connectivity index (χ3v) is 1.72. The van der Waals surface area contributed by atoms with Crippen molar-refractivity contribution in [3.05, 3.63) is 36.1 Å². The van der Waals surface area contributed by atoms with E-state index >= 15 is 0 Å². The minimum absolute atomic E-state index is 0.0643. The second kappa shape index (κ2) is 3.81. The van der Waals surface area contributed by atoms with E-state index in [0.29, 0.717) is 11.1 Å². The molecule has 0 aliphatic heterocycles. The first-order valence-corrected chi connectivity index (χ1v) is 3.80. The lowest BCUT2D eigenvalue weighted by molar-refractivity contribution is 0.458. The van der Waals surface area contributed by atoms with E-state index in [2.05, 4.69) is 12.3 Å². The van der Waals surface area contributed by atoms with Crippen LogP contribution in [0.3, 0.4) is 0 Å². The normalized spacial score (nSPS) is 9.31. The van der Waals surface area contributed by atoms with E-state index in [-0.39, 0.29) is 18.0 Å². The number of phenolic OH excluding ortho intramolecular Hbond substituents is 2. The Hall–Kier alpha value is -1.70. The van der Waals surface area contributed by atoms with Gasteiger partial charge < -0.3 is 15.9 Å². The summed E-state index contributed by atoms with van der Waals surface area (Å²) in [6.45, 7) is 3.67. The van der Waals surface area contributed by atoms with E-state index in [9.17, 15) is 5.11 Å². The maximum absolute atomic E-state index is 9.41. The summed E-state index contributed by atoms with van der Waals surface area (Å²) >= 11 is 0. The average Bonchev–Trinajstić information content (AvgIpc) is 2.13. The zero-order valence-corrected chi connectivity index (χ0v) is 7.12. The smallest absolute Gasteiger partial charge is 0.124 e. The van der Waals surface area contributed by atoms with Crippen LogP contribution in [0.2, 0.25) is 0 Å². The maximum Gasteiger partial charge on any atom is 0.124 e. The maximum atomic E-state index is 9.41. The Balaban J connectivity index is 3.27. The van der Waals surface area contributed by atoms with Crippen LogP contribution >= 0.6 is 0 Å². The molecule has 13 heavy (non-hydrogen) atoms. The Morgan fingerprint density at radius 1 is 1.46 bits per heavy atom. The molecule has 3 nitrogen and oxygen atoms in total. The van der Waals surface area contributed by atoms with E-state index in [1.54, 1.807) is 0 Å². The molecule has 0 amide bonds. The van der Waals surface area contributed by atoms with Crippen molar-refractivity contribution in [2.24, 2.45) is 5.73 Å². The van der Waals surface area contributed by atoms with Gasteiger partial charge in [0.1, 0.15) is 11.5 Å². The molecule has 0 saturated carbocycles. The van der Waals surface area contributed by atoms with Gasteiger partial charge >= 0.3 is 0 Å². The van der Waals surface area contributed by atoms with Gasteiger partial charge in [0.05, 0.1) is 0 Å². The Kier molecular flexibility index (Phi) is 2.75. The van der Waals surface area contributed by atoms with Crippen LogP contribution in [0, 0.1) is 0 Å². The standard InChI is InChI=1S/C10H11NO2/c1-2-7(6-11)9-5-8(12)3-4-10(9)13/h3-5,12-13H,1,6,11H2. The fourth-order valence-corrected chi connectivity index (χ4v) is 1.04. The molecule has 1 aromatic carbocycles. The highest BCUT2D eigenvalue weighted by molar-refractivity contribution is 5.71. The number of nitrogens with two attached hydrogens (primary N) is 1. The zero-order chi connectivity index (χ0) is 9.84. The van der Waals surface area contributed by atoms with Crippen molar-refractivity contribution < 1.29 is 10.2 Å². The minimum Gasteiger partial charge on any atom is -0.508 e. The van der Waals surface area contributed by atoms with Gasteiger partial charge in [-0.3, -0.25) is 0 Å². The highest BCUT2D eigenvalue weighted by Gasteiger charge is 2.05. The molecule has 68 valence electrons. The lowest BCUT2D eigenvalue weighted by atomic mass is 10.1. The molecule has 1 aromatic rings. The first kappa shape index (κ1) is 9.39. The van der Waals surface area contributed by atoms with E-state index < -0.39 is 0 Å². The third-order valence-electron chi connectivity index (χ3n) is 1.72. The fourth-order valence-electron chi connectivity index (χ4n) is 1.04. The summed E-state index contributed by atoms with van der Waals surface area (Å²) in [5, 5.41) is 18.6. The van der Waals surface area contributed by atoms with Gasteiger partial charge in [-0.05, 0) is 18.2 Å². The average molecular weight is 177 g/mol. The van der Waals surface area contributed by atoms with Crippen molar-refractivity contribution in [1.29, 1.82) is 0 Å². The Morgan fingerprint density at radius 3 is 2.69 bits per heavy atom. The van der Waals surface area contributed by atoms with Gasteiger partial charge in [-0.2, -0.15) is 0 Å². The molecule has 0 radical (unpaired) electrons. The number of hydrogen-bond donors (Lipinski definition) is 3. The van der Waals surface area contributed by atoms with E-state index in [0.717, 1.165) is 0 Å². The van der Waals surface area contributed by atoms with Crippen molar-refractivity contribution in [2.75, 3.05) is 6.54 Å². The van der Waals surface area contributed by atoms with Crippen molar-refractivity contribution in [3.63, 3.8) is 0 Å². The molecule has 4 N–H and O–H groups in total. The lowest BCUT2D eigenvalue weighted by Gasteiger charge is -2.05. The minimum atomic E-state index is 0.0643. The Labute approximate surface area is 76.4 Å². The third kappa shape index (κ3) is 1.90. The molecule has 0 atom stereocenters. The van der Waals surface area contributed by atoms with Gasteiger partial charge in [-0.15, -0.1) is 5.73 Å². The Morgan fingerprint density at radius 2 is 2.15 bits per heavy atom. The summed E-state index contributed by atoms with van der Waals surface area (Å²) in [5.41, 5.74) is 9.06. The van der Waals surface area contributed by atoms with Gasteiger partial charge in [0, 0.05) is 17.7 Å². The molecule has 0 saturated heterocycles. The molecule has 0 unspecified atom stereocenters. The molecular formula is C10H11NO2. The summed E-state index contributed by atoms with van der Waals surface area (Å²) in [4.78, 5) is 0. The number of benzene rings is 1. The number of rotatable bonds is 2. The monoisotopic (exact) mass is 177 g/mol. The first-order chi connectivity index (χ1) is 6.19. The van der Waals surface area contributed by atoms with Crippen molar-refractivity contribution in [2.45, 2.75) is 0 Å². The molecule has 0 bridgehead atoms. The van der Waals surface area contributed by atoms with Crippen LogP contribution in [0.15, 0.2) is 30.5 Å². The molecule has 0 spiro atoms. The van der Waals surface area contributed by atoms with Crippen LogP contribution in [0.5, 0.6) is 11.5 Å². The lowest BCUT2D eigenvalue weighted by Crippen LogP contribution is -2.01. The highest BCUT2D eigenvalue weighted by atomic mass is 16.3. The van der Waals surface area contributed by atoms with Crippen LogP contribution in [0.25, 0.3) is 5.57 Å². The predicted molar refractivity (Wildman–Crippen MR) is 51.4 cm³/mol. The van der Waals surface area contributed by atoms with Crippen molar-refractivity contribution in [3.8, 4) is 11.5 Å². The highest BCUT2D eigenvalue weighted by Crippen LogP contribution is 2.27. The van der Waals surface area contributed by atoms with Crippen LogP contribution in [-0.2, 0) is 0 Å². The van der Waals surface area contributed by atoms with E-state index in [1.807, 2.05) is 0 Å². The summed E-state index contributed by atoms with van der Waals surface area (Å²) in [6.07, 6.45) is 0. The van der Waals surface area contributed by atoms with Crippen LogP contribution in [0.1, 0.15) is 5.56 Å². The fraction of sp³-hybridized carbons (Fsp3) is 0.100. The summed E-state index contributed by atoms with van der Waals surface area (Å²) in [5.74, 6) is 0.142. The van der Waals surface area contributed by atoms with Gasteiger partial charge in [0.15, 0.2) is 0 Å². The quantitative estimate of drug-likeness (QED) is 0.470. The molecule has 0 heterocycles. The largest absolute Gasteiger partial charge is 0.508 e. The second-order valence-electron chi connectivity index (χ2n) is 2.56. The van der Waals surface area contributed by atoms with Crippen molar-refractivity contribution >= 4 is 5.57 Å².